The summed E-state index contributed by atoms with van der Waals surface area (Å²) in [5.74, 6) is -0.677. The van der Waals surface area contributed by atoms with Crippen LogP contribution in [-0.2, 0) is 11.4 Å². The number of piperidine rings is 1. The molecule has 1 unspecified atom stereocenters. The highest BCUT2D eigenvalue weighted by Gasteiger charge is 2.25. The molecule has 1 amide bonds. The molecule has 10 heteroatoms. The molecule has 36 heavy (non-hydrogen) atoms. The summed E-state index contributed by atoms with van der Waals surface area (Å²) in [5.41, 5.74) is 6.64. The molecule has 1 aromatic heterocycles. The molecule has 0 saturated carbocycles. The van der Waals surface area contributed by atoms with Crippen LogP contribution < -0.4 is 15.8 Å². The van der Waals surface area contributed by atoms with Crippen molar-refractivity contribution in [2.24, 2.45) is 0 Å². The van der Waals surface area contributed by atoms with Crippen molar-refractivity contribution in [3.05, 3.63) is 89.8 Å². The largest absolute Gasteiger partial charge is 0.489 e. The Kier molecular flexibility index (Phi) is 7.53. The van der Waals surface area contributed by atoms with Gasteiger partial charge in [0, 0.05) is 30.8 Å². The van der Waals surface area contributed by atoms with Crippen LogP contribution in [-0.4, -0.2) is 45.6 Å². The maximum Gasteiger partial charge on any atom is 0.246 e. The van der Waals surface area contributed by atoms with Gasteiger partial charge in [-0.05, 0) is 48.7 Å². The van der Waals surface area contributed by atoms with Crippen LogP contribution in [0, 0.1) is 17.0 Å². The molecule has 3 aromatic rings. The number of ether oxygens (including phenoxy) is 1. The van der Waals surface area contributed by atoms with E-state index in [0.29, 0.717) is 18.7 Å². The third-order valence-electron chi connectivity index (χ3n) is 5.88. The molecule has 1 aliphatic heterocycles. The van der Waals surface area contributed by atoms with Gasteiger partial charge in [0.1, 0.15) is 42.0 Å². The smallest absolute Gasteiger partial charge is 0.246 e. The second-order valence-electron chi connectivity index (χ2n) is 8.39. The maximum atomic E-state index is 15.0. The SMILES string of the molecule is C=CC(=O)N1CCCC(Nc2ncnc(N)c2C(=N)c2ccc(OCc3cccc(F)c3)cc2F)C1. The van der Waals surface area contributed by atoms with Crippen molar-refractivity contribution >= 4 is 23.3 Å². The van der Waals surface area contributed by atoms with Gasteiger partial charge in [0.25, 0.3) is 0 Å². The van der Waals surface area contributed by atoms with E-state index in [0.717, 1.165) is 18.9 Å². The first-order chi connectivity index (χ1) is 17.4. The molecule has 0 radical (unpaired) electrons. The fourth-order valence-electron chi connectivity index (χ4n) is 4.09. The Morgan fingerprint density at radius 2 is 2.11 bits per heavy atom. The Morgan fingerprint density at radius 1 is 1.28 bits per heavy atom. The van der Waals surface area contributed by atoms with Gasteiger partial charge in [0.05, 0.1) is 11.3 Å². The van der Waals surface area contributed by atoms with Gasteiger partial charge in [-0.2, -0.15) is 0 Å². The number of rotatable bonds is 8. The molecular formula is C26H26F2N6O2. The maximum absolute atomic E-state index is 15.0. The number of nitrogen functional groups attached to an aromatic ring is 1. The van der Waals surface area contributed by atoms with E-state index in [-0.39, 0.29) is 58.6 Å². The third-order valence-corrected chi connectivity index (χ3v) is 5.88. The molecule has 0 aliphatic carbocycles. The zero-order valence-electron chi connectivity index (χ0n) is 19.5. The summed E-state index contributed by atoms with van der Waals surface area (Å²) < 4.78 is 34.0. The van der Waals surface area contributed by atoms with Crippen molar-refractivity contribution in [3.63, 3.8) is 0 Å². The van der Waals surface area contributed by atoms with E-state index in [1.54, 1.807) is 17.0 Å². The summed E-state index contributed by atoms with van der Waals surface area (Å²) in [6, 6.07) is 9.92. The van der Waals surface area contributed by atoms with Crippen molar-refractivity contribution in [3.8, 4) is 5.75 Å². The number of hydrogen-bond acceptors (Lipinski definition) is 7. The fraction of sp³-hybridized carbons (Fsp3) is 0.231. The van der Waals surface area contributed by atoms with Gasteiger partial charge >= 0.3 is 0 Å². The molecule has 0 bridgehead atoms. The molecule has 8 nitrogen and oxygen atoms in total. The molecule has 1 atom stereocenters. The molecule has 4 rings (SSSR count). The molecule has 186 valence electrons. The minimum atomic E-state index is -0.689. The highest BCUT2D eigenvalue weighted by Crippen LogP contribution is 2.27. The van der Waals surface area contributed by atoms with Crippen LogP contribution in [0.25, 0.3) is 0 Å². The third kappa shape index (κ3) is 5.65. The van der Waals surface area contributed by atoms with Crippen molar-refractivity contribution in [2.45, 2.75) is 25.5 Å². The quantitative estimate of drug-likeness (QED) is 0.324. The first-order valence-corrected chi connectivity index (χ1v) is 11.4. The second-order valence-corrected chi connectivity index (χ2v) is 8.39. The van der Waals surface area contributed by atoms with Crippen LogP contribution in [0.2, 0.25) is 0 Å². The number of aromatic nitrogens is 2. The minimum absolute atomic E-state index is 0.00948. The van der Waals surface area contributed by atoms with E-state index >= 15 is 4.39 Å². The van der Waals surface area contributed by atoms with Gasteiger partial charge in [-0.1, -0.05) is 18.7 Å². The molecule has 1 aliphatic rings. The molecule has 1 saturated heterocycles. The van der Waals surface area contributed by atoms with Crippen LogP contribution in [0.5, 0.6) is 5.75 Å². The van der Waals surface area contributed by atoms with E-state index in [1.165, 1.54) is 36.7 Å². The number of carbonyl (C=O) groups excluding carboxylic acids is 1. The summed E-state index contributed by atoms with van der Waals surface area (Å²) in [4.78, 5) is 21.9. The number of carbonyl (C=O) groups is 1. The van der Waals surface area contributed by atoms with Crippen molar-refractivity contribution in [1.82, 2.24) is 14.9 Å². The Labute approximate surface area is 207 Å². The summed E-state index contributed by atoms with van der Waals surface area (Å²) in [5, 5.41) is 11.9. The average molecular weight is 493 g/mol. The molecule has 4 N–H and O–H groups in total. The Hall–Kier alpha value is -4.34. The zero-order valence-corrected chi connectivity index (χ0v) is 19.5. The molecule has 1 fully saturated rings. The van der Waals surface area contributed by atoms with Gasteiger partial charge in [0.2, 0.25) is 5.91 Å². The topological polar surface area (TPSA) is 117 Å². The monoisotopic (exact) mass is 492 g/mol. The van der Waals surface area contributed by atoms with Gasteiger partial charge in [0.15, 0.2) is 0 Å². The van der Waals surface area contributed by atoms with E-state index in [9.17, 15) is 9.18 Å². The van der Waals surface area contributed by atoms with Crippen LogP contribution in [0.4, 0.5) is 20.4 Å². The zero-order chi connectivity index (χ0) is 25.7. The lowest BCUT2D eigenvalue weighted by molar-refractivity contribution is -0.127. The minimum Gasteiger partial charge on any atom is -0.489 e. The Bertz CT molecular complexity index is 1300. The lowest BCUT2D eigenvalue weighted by atomic mass is 10.0. The number of hydrogen-bond donors (Lipinski definition) is 3. The first-order valence-electron chi connectivity index (χ1n) is 11.4. The van der Waals surface area contributed by atoms with Crippen LogP contribution >= 0.6 is 0 Å². The average Bonchev–Trinajstić information content (AvgIpc) is 2.87. The van der Waals surface area contributed by atoms with E-state index in [1.807, 2.05) is 0 Å². The van der Waals surface area contributed by atoms with E-state index < -0.39 is 5.82 Å². The van der Waals surface area contributed by atoms with Gasteiger partial charge in [-0.25, -0.2) is 18.7 Å². The predicted molar refractivity (Wildman–Crippen MR) is 133 cm³/mol. The Morgan fingerprint density at radius 3 is 2.86 bits per heavy atom. The molecular weight excluding hydrogens is 466 g/mol. The molecule has 2 heterocycles. The molecule has 2 aromatic carbocycles. The second kappa shape index (κ2) is 10.9. The van der Waals surface area contributed by atoms with Crippen LogP contribution in [0.1, 0.15) is 29.5 Å². The predicted octanol–water partition coefficient (Wildman–Crippen LogP) is 3.92. The number of nitrogens with two attached hydrogens (primary N) is 1. The van der Waals surface area contributed by atoms with Crippen LogP contribution in [0.15, 0.2) is 61.4 Å². The van der Waals surface area contributed by atoms with Crippen LogP contribution in [0.3, 0.4) is 0 Å². The van der Waals surface area contributed by atoms with Gasteiger partial charge in [-0.3, -0.25) is 10.2 Å². The molecule has 0 spiro atoms. The van der Waals surface area contributed by atoms with E-state index in [2.05, 4.69) is 21.9 Å². The number of halogens is 2. The highest BCUT2D eigenvalue weighted by atomic mass is 19.1. The van der Waals surface area contributed by atoms with Gasteiger partial charge in [-0.15, -0.1) is 0 Å². The summed E-state index contributed by atoms with van der Waals surface area (Å²) in [6.07, 6.45) is 4.11. The summed E-state index contributed by atoms with van der Waals surface area (Å²) >= 11 is 0. The lowest BCUT2D eigenvalue weighted by Crippen LogP contribution is -2.44. The number of benzene rings is 2. The standard InChI is InChI=1S/C26H26F2N6O2/c1-2-22(35)34-10-4-7-18(13-34)33-26-23(25(30)31-15-32-26)24(29)20-9-8-19(12-21(20)28)36-14-16-5-3-6-17(27)11-16/h2-3,5-6,8-9,11-12,15,18,29H,1,4,7,10,13-14H2,(H3,30,31,32,33). The lowest BCUT2D eigenvalue weighted by Gasteiger charge is -2.33. The normalized spacial score (nSPS) is 15.3. The van der Waals surface area contributed by atoms with Crippen molar-refractivity contribution in [1.29, 1.82) is 5.41 Å². The fourth-order valence-corrected chi connectivity index (χ4v) is 4.09. The summed E-state index contributed by atoms with van der Waals surface area (Å²) in [6.45, 7) is 4.67. The summed E-state index contributed by atoms with van der Waals surface area (Å²) in [7, 11) is 0. The number of amides is 1. The van der Waals surface area contributed by atoms with E-state index in [4.69, 9.17) is 15.9 Å². The number of nitrogens with zero attached hydrogens (tertiary/aromatic N) is 3. The van der Waals surface area contributed by atoms with Gasteiger partial charge < -0.3 is 20.7 Å². The first kappa shape index (κ1) is 24.8. The van der Waals surface area contributed by atoms with Crippen molar-refractivity contribution in [2.75, 3.05) is 24.1 Å². The highest BCUT2D eigenvalue weighted by molar-refractivity contribution is 6.16. The number of anilines is 2. The van der Waals surface area contributed by atoms with Crippen molar-refractivity contribution < 1.29 is 18.3 Å². The Balaban J connectivity index is 1.52. The number of likely N-dealkylation sites (tertiary alicyclic amines) is 1. The number of nitrogens with one attached hydrogen (secondary N) is 2.